The van der Waals surface area contributed by atoms with Gasteiger partial charge in [0.1, 0.15) is 0 Å². The maximum Gasteiger partial charge on any atom is 0.416 e. The lowest BCUT2D eigenvalue weighted by Gasteiger charge is -2.14. The van der Waals surface area contributed by atoms with Crippen LogP contribution in [0.15, 0.2) is 18.2 Å². The van der Waals surface area contributed by atoms with Crippen molar-refractivity contribution in [3.05, 3.63) is 34.9 Å². The smallest absolute Gasteiger partial charge is 0.378 e. The largest absolute Gasteiger partial charge is 0.416 e. The van der Waals surface area contributed by atoms with Crippen LogP contribution in [0.25, 0.3) is 0 Å². The second-order valence-corrected chi connectivity index (χ2v) is 4.57. The molecule has 0 unspecified atom stereocenters. The van der Waals surface area contributed by atoms with Crippen LogP contribution in [0.2, 0.25) is 0 Å². The second-order valence-electron chi connectivity index (χ2n) is 4.57. The van der Waals surface area contributed by atoms with E-state index in [-0.39, 0.29) is 11.7 Å². The fraction of sp³-hybridized carbons (Fsp3) is 0.462. The van der Waals surface area contributed by atoms with Gasteiger partial charge in [-0.15, -0.1) is 0 Å². The Morgan fingerprint density at radius 2 is 2.16 bits per heavy atom. The first-order chi connectivity index (χ1) is 8.88. The Hall–Kier alpha value is -1.56. The van der Waals surface area contributed by atoms with Gasteiger partial charge < -0.3 is 10.5 Å². The number of nitrogens with two attached hydrogens (primary N) is 1. The average Bonchev–Trinajstić information content (AvgIpc) is 2.80. The minimum atomic E-state index is -4.48. The van der Waals surface area contributed by atoms with Crippen molar-refractivity contribution >= 4 is 5.91 Å². The van der Waals surface area contributed by atoms with Crippen LogP contribution in [0.5, 0.6) is 0 Å². The number of carbonyl (C=O) groups excluding carboxylic acids is 1. The summed E-state index contributed by atoms with van der Waals surface area (Å²) in [5.74, 6) is -0.848. The van der Waals surface area contributed by atoms with Crippen LogP contribution in [-0.4, -0.2) is 18.6 Å². The number of hydrogen-bond donors (Lipinski definition) is 1. The number of ether oxygens (including phenoxy) is 1. The van der Waals surface area contributed by atoms with Crippen molar-refractivity contribution in [2.75, 3.05) is 6.61 Å². The fourth-order valence-corrected chi connectivity index (χ4v) is 2.21. The molecule has 2 rings (SSSR count). The summed E-state index contributed by atoms with van der Waals surface area (Å²) in [7, 11) is 0. The van der Waals surface area contributed by atoms with E-state index >= 15 is 0 Å². The van der Waals surface area contributed by atoms with E-state index in [1.807, 2.05) is 0 Å². The number of benzene rings is 1. The lowest BCUT2D eigenvalue weighted by molar-refractivity contribution is -0.137. The Kier molecular flexibility index (Phi) is 3.80. The molecule has 3 nitrogen and oxygen atoms in total. The molecule has 1 heterocycles. The van der Waals surface area contributed by atoms with Crippen LogP contribution in [0.3, 0.4) is 0 Å². The van der Waals surface area contributed by atoms with E-state index in [0.29, 0.717) is 18.6 Å². The summed E-state index contributed by atoms with van der Waals surface area (Å²) in [6, 6.07) is 3.09. The van der Waals surface area contributed by atoms with Gasteiger partial charge in [-0.05, 0) is 37.0 Å². The minimum Gasteiger partial charge on any atom is -0.378 e. The SMILES string of the molecule is NC(=O)c1cc(C(F)(F)F)ccc1C[C@H]1CCCO1. The molecule has 19 heavy (non-hydrogen) atoms. The zero-order valence-corrected chi connectivity index (χ0v) is 10.2. The Balaban J connectivity index is 2.29. The molecule has 2 N–H and O–H groups in total. The van der Waals surface area contributed by atoms with Crippen LogP contribution >= 0.6 is 0 Å². The third-order valence-corrected chi connectivity index (χ3v) is 3.17. The molecule has 1 fully saturated rings. The summed E-state index contributed by atoms with van der Waals surface area (Å²) in [5.41, 5.74) is 4.72. The molecule has 0 bridgehead atoms. The van der Waals surface area contributed by atoms with Crippen LogP contribution in [-0.2, 0) is 17.3 Å². The number of rotatable bonds is 3. The number of halogens is 3. The number of carbonyl (C=O) groups is 1. The molecule has 1 aromatic carbocycles. The maximum atomic E-state index is 12.6. The molecule has 1 amide bonds. The Morgan fingerprint density at radius 1 is 1.42 bits per heavy atom. The number of amides is 1. The predicted octanol–water partition coefficient (Wildman–Crippen LogP) is 2.53. The third-order valence-electron chi connectivity index (χ3n) is 3.17. The van der Waals surface area contributed by atoms with E-state index in [4.69, 9.17) is 10.5 Å². The van der Waals surface area contributed by atoms with E-state index < -0.39 is 17.6 Å². The monoisotopic (exact) mass is 273 g/mol. The minimum absolute atomic E-state index is 0.0464. The van der Waals surface area contributed by atoms with E-state index in [9.17, 15) is 18.0 Å². The highest BCUT2D eigenvalue weighted by molar-refractivity contribution is 5.94. The number of alkyl halides is 3. The van der Waals surface area contributed by atoms with Crippen molar-refractivity contribution < 1.29 is 22.7 Å². The molecule has 0 aromatic heterocycles. The van der Waals surface area contributed by atoms with E-state index in [2.05, 4.69) is 0 Å². The van der Waals surface area contributed by atoms with Gasteiger partial charge in [0.05, 0.1) is 11.7 Å². The first-order valence-corrected chi connectivity index (χ1v) is 5.99. The zero-order valence-electron chi connectivity index (χ0n) is 10.2. The van der Waals surface area contributed by atoms with Crippen molar-refractivity contribution in [2.45, 2.75) is 31.5 Å². The van der Waals surface area contributed by atoms with E-state index in [1.165, 1.54) is 6.07 Å². The third kappa shape index (κ3) is 3.26. The molecule has 0 aliphatic carbocycles. The van der Waals surface area contributed by atoms with Crippen molar-refractivity contribution in [3.8, 4) is 0 Å². The van der Waals surface area contributed by atoms with Gasteiger partial charge in [0.25, 0.3) is 0 Å². The summed E-state index contributed by atoms with van der Waals surface area (Å²) in [6.07, 6.45) is -2.34. The van der Waals surface area contributed by atoms with Crippen LogP contribution in [0.1, 0.15) is 34.3 Å². The van der Waals surface area contributed by atoms with Gasteiger partial charge in [-0.3, -0.25) is 4.79 Å². The molecule has 1 aliphatic rings. The molecular weight excluding hydrogens is 259 g/mol. The standard InChI is InChI=1S/C13H14F3NO2/c14-13(15,16)9-4-3-8(11(7-9)12(17)18)6-10-2-1-5-19-10/h3-4,7,10H,1-2,5-6H2,(H2,17,18)/t10-/m1/s1. The molecule has 0 saturated carbocycles. The average molecular weight is 273 g/mol. The molecule has 0 radical (unpaired) electrons. The van der Waals surface area contributed by atoms with Crippen molar-refractivity contribution in [1.29, 1.82) is 0 Å². The summed E-state index contributed by atoms with van der Waals surface area (Å²) >= 11 is 0. The maximum absolute atomic E-state index is 12.6. The van der Waals surface area contributed by atoms with Gasteiger partial charge in [0, 0.05) is 12.2 Å². The molecule has 1 aliphatic heterocycles. The molecule has 1 aromatic rings. The summed E-state index contributed by atoms with van der Waals surface area (Å²) in [6.45, 7) is 0.650. The van der Waals surface area contributed by atoms with E-state index in [0.717, 1.165) is 25.0 Å². The Morgan fingerprint density at radius 3 is 2.68 bits per heavy atom. The van der Waals surface area contributed by atoms with Gasteiger partial charge >= 0.3 is 6.18 Å². The first-order valence-electron chi connectivity index (χ1n) is 5.99. The molecule has 1 atom stereocenters. The predicted molar refractivity (Wildman–Crippen MR) is 62.6 cm³/mol. The topological polar surface area (TPSA) is 52.3 Å². The lowest BCUT2D eigenvalue weighted by Crippen LogP contribution is -2.19. The quantitative estimate of drug-likeness (QED) is 0.920. The normalized spacial score (nSPS) is 19.6. The fourth-order valence-electron chi connectivity index (χ4n) is 2.21. The van der Waals surface area contributed by atoms with Gasteiger partial charge in [0.15, 0.2) is 0 Å². The highest BCUT2D eigenvalue weighted by Crippen LogP contribution is 2.31. The molecule has 0 spiro atoms. The van der Waals surface area contributed by atoms with Crippen LogP contribution < -0.4 is 5.73 Å². The molecular formula is C13H14F3NO2. The number of hydrogen-bond acceptors (Lipinski definition) is 2. The Bertz CT molecular complexity index is 479. The summed E-state index contributed by atoms with van der Waals surface area (Å²) in [5, 5.41) is 0. The Labute approximate surface area is 108 Å². The highest BCUT2D eigenvalue weighted by atomic mass is 19.4. The highest BCUT2D eigenvalue weighted by Gasteiger charge is 2.31. The zero-order chi connectivity index (χ0) is 14.0. The molecule has 104 valence electrons. The van der Waals surface area contributed by atoms with Gasteiger partial charge in [0.2, 0.25) is 5.91 Å². The molecule has 1 saturated heterocycles. The number of primary amides is 1. The van der Waals surface area contributed by atoms with Crippen molar-refractivity contribution in [3.63, 3.8) is 0 Å². The molecule has 6 heteroatoms. The van der Waals surface area contributed by atoms with Crippen LogP contribution in [0.4, 0.5) is 13.2 Å². The summed E-state index contributed by atoms with van der Waals surface area (Å²) in [4.78, 5) is 11.3. The van der Waals surface area contributed by atoms with E-state index in [1.54, 1.807) is 0 Å². The van der Waals surface area contributed by atoms with Gasteiger partial charge in [-0.25, -0.2) is 0 Å². The van der Waals surface area contributed by atoms with Crippen molar-refractivity contribution in [1.82, 2.24) is 0 Å². The van der Waals surface area contributed by atoms with Gasteiger partial charge in [-0.2, -0.15) is 13.2 Å². The second kappa shape index (κ2) is 5.21. The lowest BCUT2D eigenvalue weighted by atomic mass is 9.97. The van der Waals surface area contributed by atoms with Crippen molar-refractivity contribution in [2.24, 2.45) is 5.73 Å². The van der Waals surface area contributed by atoms with Crippen LogP contribution in [0, 0.1) is 0 Å². The van der Waals surface area contributed by atoms with Gasteiger partial charge in [-0.1, -0.05) is 6.07 Å². The summed E-state index contributed by atoms with van der Waals surface area (Å²) < 4.78 is 43.2. The first kappa shape index (κ1) is 13.9.